The molecule has 0 unspecified atom stereocenters. The molecular weight excluding hydrogens is 775 g/mol. The van der Waals surface area contributed by atoms with E-state index in [0.29, 0.717) is 0 Å². The van der Waals surface area contributed by atoms with Crippen LogP contribution < -0.4 is 13.6 Å². The summed E-state index contributed by atoms with van der Waals surface area (Å²) in [6.07, 6.45) is 5.87. The molecule has 2 nitrogen and oxygen atoms in total. The van der Waals surface area contributed by atoms with Gasteiger partial charge in [0.1, 0.15) is 0 Å². The Morgan fingerprint density at radius 1 is 0.766 bits per heavy atom. The first kappa shape index (κ1) is 33.0. The van der Waals surface area contributed by atoms with Gasteiger partial charge in [0.05, 0.1) is 0 Å². The van der Waals surface area contributed by atoms with Gasteiger partial charge in [0.15, 0.2) is 0 Å². The second-order valence-corrected chi connectivity index (χ2v) is 37.4. The molecule has 8 heteroatoms. The van der Waals surface area contributed by atoms with Gasteiger partial charge in [0.25, 0.3) is 0 Å². The number of fused-ring (bicyclic) bond motifs is 6. The number of benzene rings is 4. The third-order valence-electron chi connectivity index (χ3n) is 10.4. The van der Waals surface area contributed by atoms with Crippen molar-refractivity contribution in [3.63, 3.8) is 0 Å². The fraction of sp³-hybridized carbons (Fsp3) is 0.359. The van der Waals surface area contributed by atoms with Gasteiger partial charge in [-0.05, 0) is 0 Å². The third kappa shape index (κ3) is 5.37. The topological polar surface area (TPSA) is 6.25 Å². The van der Waals surface area contributed by atoms with Crippen LogP contribution in [-0.4, -0.2) is 72.1 Å². The van der Waals surface area contributed by atoms with Crippen LogP contribution >= 0.6 is 40.1 Å². The number of allylic oxidation sites excluding steroid dienone is 4. The van der Waals surface area contributed by atoms with E-state index in [-0.39, 0.29) is 10.8 Å². The molecule has 4 aromatic carbocycles. The number of likely N-dealkylation sites (N-methyl/N-ethyl adjacent to an activating group) is 1. The van der Waals surface area contributed by atoms with Gasteiger partial charge in [-0.3, -0.25) is 0 Å². The number of nitrogens with zero attached hydrogens (tertiary/aromatic N) is 2. The first-order chi connectivity index (χ1) is 22.6. The maximum atomic E-state index is 2.52. The van der Waals surface area contributed by atoms with Crippen molar-refractivity contribution >= 4 is 112 Å². The van der Waals surface area contributed by atoms with Crippen LogP contribution in [0.1, 0.15) is 52.2 Å². The van der Waals surface area contributed by atoms with Crippen LogP contribution in [0.25, 0.3) is 21.5 Å². The minimum atomic E-state index is -1.01. The first-order valence-corrected chi connectivity index (χ1v) is 31.5. The Balaban J connectivity index is 1.16. The van der Waals surface area contributed by atoms with Gasteiger partial charge in [0, 0.05) is 0 Å². The van der Waals surface area contributed by atoms with E-state index in [2.05, 4.69) is 171 Å². The average molecular weight is 818 g/mol. The Hall–Kier alpha value is -1.13. The molecule has 0 radical (unpaired) electrons. The predicted octanol–water partition coefficient (Wildman–Crippen LogP) is 9.00. The SMILES string of the molecule is CC/C(=C\C=C1\N(C)c2ccc3cc([As]4SCCS4)ccc3c2C1(C)C)C1=[N+](C)c2ccc3cc([As]4SCCS4)ccc3c2C1(C)C. The molecule has 2 fully saturated rings. The molecule has 242 valence electrons. The van der Waals surface area contributed by atoms with Gasteiger partial charge < -0.3 is 0 Å². The molecule has 0 N–H and O–H groups in total. The number of hydrogen-bond donors (Lipinski definition) is 0. The summed E-state index contributed by atoms with van der Waals surface area (Å²) < 4.78 is 5.70. The van der Waals surface area contributed by atoms with Crippen LogP contribution in [0.15, 0.2) is 84.1 Å². The maximum absolute atomic E-state index is 2.52. The molecule has 4 heterocycles. The summed E-state index contributed by atoms with van der Waals surface area (Å²) in [5.41, 5.74) is 9.69. The summed E-state index contributed by atoms with van der Waals surface area (Å²) in [6.45, 7) is 12.1. The van der Waals surface area contributed by atoms with Crippen LogP contribution in [0.2, 0.25) is 0 Å². The Morgan fingerprint density at radius 2 is 1.32 bits per heavy atom. The molecule has 4 aromatic rings. The van der Waals surface area contributed by atoms with Crippen molar-refractivity contribution in [2.45, 2.75) is 51.9 Å². The van der Waals surface area contributed by atoms with Gasteiger partial charge in [0.2, 0.25) is 0 Å². The van der Waals surface area contributed by atoms with Crippen molar-refractivity contribution in [1.82, 2.24) is 0 Å². The van der Waals surface area contributed by atoms with E-state index >= 15 is 0 Å². The molecule has 47 heavy (non-hydrogen) atoms. The molecule has 0 saturated carbocycles. The summed E-state index contributed by atoms with van der Waals surface area (Å²) in [5.74, 6) is 5.29. The molecule has 0 spiro atoms. The molecule has 4 aliphatic heterocycles. The predicted molar refractivity (Wildman–Crippen MR) is 220 cm³/mol. The van der Waals surface area contributed by atoms with Crippen LogP contribution in [-0.2, 0) is 10.8 Å². The Kier molecular flexibility index (Phi) is 8.84. The number of hydrogen-bond acceptors (Lipinski definition) is 5. The van der Waals surface area contributed by atoms with Gasteiger partial charge in [-0.2, -0.15) is 0 Å². The van der Waals surface area contributed by atoms with Crippen molar-refractivity contribution in [2.24, 2.45) is 0 Å². The summed E-state index contributed by atoms with van der Waals surface area (Å²) in [7, 11) is 13.5. The molecule has 0 amide bonds. The van der Waals surface area contributed by atoms with Crippen LogP contribution in [0.3, 0.4) is 0 Å². The molecule has 0 bridgehead atoms. The zero-order valence-corrected chi connectivity index (χ0v) is 35.4. The fourth-order valence-electron chi connectivity index (χ4n) is 8.38. The second-order valence-electron chi connectivity index (χ2n) is 13.9. The second kappa shape index (κ2) is 12.6. The molecule has 2 saturated heterocycles. The van der Waals surface area contributed by atoms with E-state index in [1.807, 2.05) is 0 Å². The van der Waals surface area contributed by atoms with Crippen molar-refractivity contribution in [2.75, 3.05) is 42.0 Å². The standard InChI is InChI=1S/C39H43As2N2S4/c1-8-25(37-39(4,5)36-31-15-13-29(41-46-21-22-47-41)24-27(31)10-17-33(36)43(37)7)11-18-34-38(2,3)35-30-14-12-28(40-44-19-20-45-40)23-26(30)9-16-32(35)42(34)6/h9-18,23-24H,8,19-22H2,1-7H3/q+1. The molecule has 0 aliphatic carbocycles. The fourth-order valence-corrected chi connectivity index (χ4v) is 36.7. The minimum absolute atomic E-state index is 0.0896. The zero-order chi connectivity index (χ0) is 32.7. The van der Waals surface area contributed by atoms with E-state index in [9.17, 15) is 0 Å². The Bertz CT molecular complexity index is 2030. The van der Waals surface area contributed by atoms with E-state index in [1.54, 1.807) is 8.70 Å². The quantitative estimate of drug-likeness (QED) is 0.146. The van der Waals surface area contributed by atoms with Crippen molar-refractivity contribution in [3.8, 4) is 0 Å². The van der Waals surface area contributed by atoms with Crippen LogP contribution in [0.4, 0.5) is 11.4 Å². The Labute approximate surface area is 303 Å². The summed E-state index contributed by atoms with van der Waals surface area (Å²) in [6, 6.07) is 24.3. The van der Waals surface area contributed by atoms with E-state index in [4.69, 9.17) is 0 Å². The van der Waals surface area contributed by atoms with Crippen LogP contribution in [0, 0.1) is 0 Å². The average Bonchev–Trinajstić information content (AvgIpc) is 3.86. The van der Waals surface area contributed by atoms with Crippen molar-refractivity contribution in [3.05, 3.63) is 95.2 Å². The molecule has 4 aliphatic rings. The first-order valence-electron chi connectivity index (χ1n) is 16.6. The normalized spacial score (nSPS) is 22.0. The number of rotatable bonds is 5. The molecular formula is C39H43As2N2S4+. The van der Waals surface area contributed by atoms with Gasteiger partial charge >= 0.3 is 306 Å². The van der Waals surface area contributed by atoms with E-state index in [1.165, 1.54) is 84.0 Å². The van der Waals surface area contributed by atoms with Crippen molar-refractivity contribution in [1.29, 1.82) is 0 Å². The monoisotopic (exact) mass is 817 g/mol. The molecule has 8 rings (SSSR count). The van der Waals surface area contributed by atoms with Crippen molar-refractivity contribution < 1.29 is 4.58 Å². The van der Waals surface area contributed by atoms with Crippen LogP contribution in [0.5, 0.6) is 0 Å². The molecule has 0 aromatic heterocycles. The Morgan fingerprint density at radius 3 is 1.89 bits per heavy atom. The zero-order valence-electron chi connectivity index (χ0n) is 28.4. The van der Waals surface area contributed by atoms with Gasteiger partial charge in [-0.25, -0.2) is 0 Å². The van der Waals surface area contributed by atoms with E-state index < -0.39 is 24.7 Å². The van der Waals surface area contributed by atoms with Gasteiger partial charge in [-0.15, -0.1) is 0 Å². The number of anilines is 1. The summed E-state index contributed by atoms with van der Waals surface area (Å²) in [4.78, 5) is 2.45. The summed E-state index contributed by atoms with van der Waals surface area (Å²) >= 11 is -2.01. The third-order valence-corrected chi connectivity index (χ3v) is 37.8. The molecule has 0 atom stereocenters. The van der Waals surface area contributed by atoms with Gasteiger partial charge in [-0.1, -0.05) is 0 Å². The summed E-state index contributed by atoms with van der Waals surface area (Å²) in [5, 5.41) is 5.65. The van der Waals surface area contributed by atoms with E-state index in [0.717, 1.165) is 6.42 Å².